The standard InChI is InChI=1S/C14H10N3O3P/c15-11-14(17-16)21(18,19-12-7-3-1-4-8-12)20-13-9-5-2-6-10-13/h1-10H. The summed E-state index contributed by atoms with van der Waals surface area (Å²) >= 11 is 0. The Balaban J connectivity index is 2.38. The maximum atomic E-state index is 12.8. The second-order valence-corrected chi connectivity index (χ2v) is 5.63. The van der Waals surface area contributed by atoms with Gasteiger partial charge in [-0.25, -0.2) is 4.57 Å². The van der Waals surface area contributed by atoms with Gasteiger partial charge in [0.2, 0.25) is 0 Å². The van der Waals surface area contributed by atoms with Gasteiger partial charge in [-0.3, -0.25) is 0 Å². The number of para-hydroxylation sites is 2. The number of nitriles is 1. The summed E-state index contributed by atoms with van der Waals surface area (Å²) in [6.07, 6.45) is 0. The van der Waals surface area contributed by atoms with Crippen molar-refractivity contribution in [1.82, 2.24) is 0 Å². The minimum Gasteiger partial charge on any atom is -0.408 e. The van der Waals surface area contributed by atoms with Crippen LogP contribution < -0.4 is 9.05 Å². The van der Waals surface area contributed by atoms with Crippen molar-refractivity contribution in [3.8, 4) is 17.6 Å². The Morgan fingerprint density at radius 1 is 1.00 bits per heavy atom. The fourth-order valence-corrected chi connectivity index (χ4v) is 2.72. The first-order chi connectivity index (χ1) is 10.2. The van der Waals surface area contributed by atoms with E-state index >= 15 is 0 Å². The molecule has 0 saturated carbocycles. The Morgan fingerprint density at radius 2 is 1.43 bits per heavy atom. The van der Waals surface area contributed by atoms with Crippen LogP contribution in [0, 0.1) is 11.3 Å². The highest BCUT2D eigenvalue weighted by atomic mass is 31.2. The third kappa shape index (κ3) is 3.58. The zero-order valence-corrected chi connectivity index (χ0v) is 11.7. The van der Waals surface area contributed by atoms with E-state index in [1.807, 2.05) is 0 Å². The van der Waals surface area contributed by atoms with Crippen LogP contribution in [0.15, 0.2) is 60.7 Å². The van der Waals surface area contributed by atoms with E-state index in [0.29, 0.717) is 0 Å². The van der Waals surface area contributed by atoms with E-state index in [1.165, 1.54) is 6.07 Å². The second-order valence-electron chi connectivity index (χ2n) is 3.84. The first kappa shape index (κ1) is 14.5. The van der Waals surface area contributed by atoms with Gasteiger partial charge in [-0.15, -0.1) is 4.79 Å². The lowest BCUT2D eigenvalue weighted by atomic mass is 10.3. The third-order valence-corrected chi connectivity index (χ3v) is 4.00. The van der Waals surface area contributed by atoms with Crippen molar-refractivity contribution in [2.45, 2.75) is 0 Å². The predicted molar refractivity (Wildman–Crippen MR) is 76.0 cm³/mol. The molecule has 6 nitrogen and oxygen atoms in total. The summed E-state index contributed by atoms with van der Waals surface area (Å²) in [5.74, 6) is 0.460. The molecule has 0 aliphatic carbocycles. The van der Waals surface area contributed by atoms with Crippen LogP contribution in [-0.4, -0.2) is 10.2 Å². The quantitative estimate of drug-likeness (QED) is 0.365. The Bertz CT molecular complexity index is 705. The smallest absolute Gasteiger partial charge is 0.408 e. The maximum absolute atomic E-state index is 12.8. The Kier molecular flexibility index (Phi) is 4.53. The van der Waals surface area contributed by atoms with Crippen LogP contribution in [0.5, 0.6) is 11.5 Å². The highest BCUT2D eigenvalue weighted by Gasteiger charge is 2.44. The van der Waals surface area contributed by atoms with E-state index in [4.69, 9.17) is 19.8 Å². The zero-order chi connectivity index (χ0) is 15.1. The molecule has 0 atom stereocenters. The van der Waals surface area contributed by atoms with E-state index in [1.54, 1.807) is 60.7 Å². The molecule has 2 aromatic rings. The van der Waals surface area contributed by atoms with Gasteiger partial charge >= 0.3 is 13.0 Å². The van der Waals surface area contributed by atoms with Gasteiger partial charge in [0.25, 0.3) is 0 Å². The molecule has 0 aromatic heterocycles. The Morgan fingerprint density at radius 3 is 1.76 bits per heavy atom. The summed E-state index contributed by atoms with van der Waals surface area (Å²) in [6.45, 7) is 0. The van der Waals surface area contributed by atoms with E-state index in [2.05, 4.69) is 4.79 Å². The molecule has 0 fully saturated rings. The van der Waals surface area contributed by atoms with E-state index in [9.17, 15) is 4.57 Å². The number of nitrogens with zero attached hydrogens (tertiary/aromatic N) is 3. The van der Waals surface area contributed by atoms with E-state index in [-0.39, 0.29) is 11.5 Å². The van der Waals surface area contributed by atoms with E-state index < -0.39 is 13.0 Å². The molecule has 0 unspecified atom stereocenters. The summed E-state index contributed by atoms with van der Waals surface area (Å²) in [5.41, 5.74) is 8.12. The molecule has 2 aromatic carbocycles. The molecular formula is C14H10N3O3P. The van der Waals surface area contributed by atoms with Crippen molar-refractivity contribution in [3.05, 3.63) is 66.2 Å². The zero-order valence-electron chi connectivity index (χ0n) is 10.8. The fraction of sp³-hybridized carbons (Fsp3) is 0. The monoisotopic (exact) mass is 299 g/mol. The molecule has 0 aliphatic heterocycles. The largest absolute Gasteiger partial charge is 0.556 e. The van der Waals surface area contributed by atoms with Crippen LogP contribution in [0.1, 0.15) is 0 Å². The first-order valence-electron chi connectivity index (χ1n) is 5.90. The average molecular weight is 299 g/mol. The minimum absolute atomic E-state index is 0.230. The minimum atomic E-state index is -4.13. The SMILES string of the molecule is N#CC(=[N+]=[N-])P(=O)(Oc1ccccc1)Oc1ccccc1. The van der Waals surface area contributed by atoms with Crippen LogP contribution in [0.3, 0.4) is 0 Å². The summed E-state index contributed by atoms with van der Waals surface area (Å²) in [5, 5.41) is 8.94. The van der Waals surface area contributed by atoms with Gasteiger partial charge in [-0.2, -0.15) is 5.26 Å². The van der Waals surface area contributed by atoms with Gasteiger partial charge in [0.15, 0.2) is 6.07 Å². The molecule has 0 heterocycles. The van der Waals surface area contributed by atoms with Crippen molar-refractivity contribution in [2.75, 3.05) is 0 Å². The lowest BCUT2D eigenvalue weighted by molar-refractivity contribution is 0.0000440. The normalized spacial score (nSPS) is 10.0. The van der Waals surface area contributed by atoms with Crippen LogP contribution in [0.2, 0.25) is 0 Å². The molecule has 0 bridgehead atoms. The molecule has 7 heteroatoms. The highest BCUT2D eigenvalue weighted by molar-refractivity contribution is 7.73. The molecule has 0 amide bonds. The second kappa shape index (κ2) is 6.53. The van der Waals surface area contributed by atoms with Crippen molar-refractivity contribution >= 4 is 13.0 Å². The number of hydrogen-bond donors (Lipinski definition) is 0. The highest BCUT2D eigenvalue weighted by Crippen LogP contribution is 2.49. The molecule has 104 valence electrons. The summed E-state index contributed by atoms with van der Waals surface area (Å²) < 4.78 is 23.3. The van der Waals surface area contributed by atoms with Crippen molar-refractivity contribution in [2.24, 2.45) is 0 Å². The third-order valence-electron chi connectivity index (χ3n) is 2.39. The van der Waals surface area contributed by atoms with Crippen LogP contribution in [-0.2, 0) is 4.57 Å². The van der Waals surface area contributed by atoms with Crippen molar-refractivity contribution in [3.63, 3.8) is 0 Å². The summed E-state index contributed by atoms with van der Waals surface area (Å²) in [7, 11) is -4.13. The molecule has 0 radical (unpaired) electrons. The topological polar surface area (TPSA) is 95.7 Å². The molecule has 2 rings (SSSR count). The summed E-state index contributed by atoms with van der Waals surface area (Å²) in [4.78, 5) is 2.71. The van der Waals surface area contributed by atoms with Gasteiger partial charge < -0.3 is 14.6 Å². The Hall–Kier alpha value is -2.86. The molecule has 0 saturated heterocycles. The molecule has 0 spiro atoms. The van der Waals surface area contributed by atoms with Crippen LogP contribution in [0.4, 0.5) is 0 Å². The first-order valence-corrected chi connectivity index (χ1v) is 7.44. The number of benzene rings is 2. The van der Waals surface area contributed by atoms with Crippen molar-refractivity contribution < 1.29 is 18.4 Å². The van der Waals surface area contributed by atoms with E-state index in [0.717, 1.165) is 0 Å². The van der Waals surface area contributed by atoms with Gasteiger partial charge in [-0.1, -0.05) is 36.4 Å². The lowest BCUT2D eigenvalue weighted by Gasteiger charge is -2.14. The molecule has 21 heavy (non-hydrogen) atoms. The number of rotatable bonds is 5. The molecule has 0 aliphatic rings. The maximum Gasteiger partial charge on any atom is 0.556 e. The van der Waals surface area contributed by atoms with Crippen LogP contribution >= 0.6 is 7.60 Å². The average Bonchev–Trinajstić information content (AvgIpc) is 2.50. The van der Waals surface area contributed by atoms with Crippen molar-refractivity contribution in [1.29, 1.82) is 5.26 Å². The van der Waals surface area contributed by atoms with Gasteiger partial charge in [0.05, 0.1) is 0 Å². The summed E-state index contributed by atoms with van der Waals surface area (Å²) in [6, 6.07) is 17.9. The van der Waals surface area contributed by atoms with Gasteiger partial charge in [0.1, 0.15) is 11.5 Å². The molecular weight excluding hydrogens is 289 g/mol. The lowest BCUT2D eigenvalue weighted by Crippen LogP contribution is -2.10. The van der Waals surface area contributed by atoms with Gasteiger partial charge in [0, 0.05) is 0 Å². The fourth-order valence-electron chi connectivity index (χ4n) is 1.48. The predicted octanol–water partition coefficient (Wildman–Crippen LogP) is 3.49. The Labute approximate surface area is 121 Å². The van der Waals surface area contributed by atoms with Gasteiger partial charge in [-0.05, 0) is 24.3 Å². The number of hydrogen-bond acceptors (Lipinski definition) is 4. The molecule has 0 N–H and O–H groups in total. The van der Waals surface area contributed by atoms with Crippen LogP contribution in [0.25, 0.3) is 5.53 Å².